The highest BCUT2D eigenvalue weighted by molar-refractivity contribution is 7.91. The van der Waals surface area contributed by atoms with Crippen LogP contribution in [0.1, 0.15) is 19.8 Å². The summed E-state index contributed by atoms with van der Waals surface area (Å²) in [4.78, 5) is 2.27. The molecular formula is C10H20N2O2S. The van der Waals surface area contributed by atoms with E-state index in [1.807, 2.05) is 0 Å². The Bertz CT molecular complexity index is 297. The van der Waals surface area contributed by atoms with Gasteiger partial charge in [0.2, 0.25) is 0 Å². The van der Waals surface area contributed by atoms with E-state index in [9.17, 15) is 8.42 Å². The van der Waals surface area contributed by atoms with E-state index in [1.54, 1.807) is 0 Å². The number of nitrogens with one attached hydrogen (secondary N) is 1. The number of sulfone groups is 1. The predicted octanol–water partition coefficient (Wildman–Crippen LogP) is -0.143. The third-order valence-electron chi connectivity index (χ3n) is 3.28. The lowest BCUT2D eigenvalue weighted by molar-refractivity contribution is 0.220. The van der Waals surface area contributed by atoms with Gasteiger partial charge in [-0.15, -0.1) is 0 Å². The monoisotopic (exact) mass is 232 g/mol. The Kier molecular flexibility index (Phi) is 3.33. The summed E-state index contributed by atoms with van der Waals surface area (Å²) in [6.45, 7) is 4.57. The molecule has 2 fully saturated rings. The van der Waals surface area contributed by atoms with Crippen LogP contribution in [0.15, 0.2) is 0 Å². The minimum absolute atomic E-state index is 0.334. The summed E-state index contributed by atoms with van der Waals surface area (Å²) in [6.07, 6.45) is 2.61. The molecule has 0 bridgehead atoms. The molecular weight excluding hydrogens is 212 g/mol. The first kappa shape index (κ1) is 11.4. The number of hydrogen-bond donors (Lipinski definition) is 1. The van der Waals surface area contributed by atoms with Crippen molar-refractivity contribution < 1.29 is 8.42 Å². The molecule has 1 aliphatic heterocycles. The van der Waals surface area contributed by atoms with Crippen molar-refractivity contribution in [2.24, 2.45) is 0 Å². The second-order valence-electron chi connectivity index (χ2n) is 4.72. The zero-order valence-corrected chi connectivity index (χ0v) is 10.1. The molecule has 1 heterocycles. The normalized spacial score (nSPS) is 28.9. The van der Waals surface area contributed by atoms with Crippen molar-refractivity contribution in [2.45, 2.75) is 31.8 Å². The molecule has 0 aromatic heterocycles. The van der Waals surface area contributed by atoms with Crippen LogP contribution in [-0.2, 0) is 9.84 Å². The van der Waals surface area contributed by atoms with Crippen LogP contribution in [0.2, 0.25) is 0 Å². The van der Waals surface area contributed by atoms with Gasteiger partial charge in [-0.25, -0.2) is 8.42 Å². The second-order valence-corrected chi connectivity index (χ2v) is 7.02. The first-order valence-electron chi connectivity index (χ1n) is 5.75. The van der Waals surface area contributed by atoms with E-state index in [2.05, 4.69) is 17.1 Å². The molecule has 5 heteroatoms. The van der Waals surface area contributed by atoms with E-state index in [4.69, 9.17) is 0 Å². The van der Waals surface area contributed by atoms with Crippen LogP contribution in [0.25, 0.3) is 0 Å². The highest BCUT2D eigenvalue weighted by Gasteiger charge is 2.26. The van der Waals surface area contributed by atoms with E-state index in [0.29, 0.717) is 30.6 Å². The first-order valence-corrected chi connectivity index (χ1v) is 7.57. The van der Waals surface area contributed by atoms with Crippen LogP contribution in [0, 0.1) is 0 Å². The van der Waals surface area contributed by atoms with E-state index in [0.717, 1.165) is 12.6 Å². The van der Waals surface area contributed by atoms with Crippen LogP contribution >= 0.6 is 0 Å². The smallest absolute Gasteiger partial charge is 0.152 e. The Morgan fingerprint density at radius 1 is 1.33 bits per heavy atom. The Balaban J connectivity index is 1.73. The molecule has 1 aliphatic carbocycles. The van der Waals surface area contributed by atoms with E-state index in [1.165, 1.54) is 12.8 Å². The van der Waals surface area contributed by atoms with Gasteiger partial charge in [0.15, 0.2) is 9.84 Å². The lowest BCUT2D eigenvalue weighted by Crippen LogP contribution is -2.48. The molecule has 0 radical (unpaired) electrons. The van der Waals surface area contributed by atoms with Gasteiger partial charge in [0.05, 0.1) is 11.5 Å². The molecule has 1 unspecified atom stereocenters. The zero-order chi connectivity index (χ0) is 10.9. The van der Waals surface area contributed by atoms with E-state index in [-0.39, 0.29) is 0 Å². The van der Waals surface area contributed by atoms with Crippen molar-refractivity contribution in [3.63, 3.8) is 0 Å². The Hall–Kier alpha value is -0.130. The third-order valence-corrected chi connectivity index (χ3v) is 4.89. The molecule has 0 spiro atoms. The van der Waals surface area contributed by atoms with Crippen LogP contribution in [0.5, 0.6) is 0 Å². The molecule has 4 nitrogen and oxygen atoms in total. The Labute approximate surface area is 91.9 Å². The molecule has 2 rings (SSSR count). The largest absolute Gasteiger partial charge is 0.312 e. The molecule has 1 saturated heterocycles. The van der Waals surface area contributed by atoms with Crippen LogP contribution in [-0.4, -0.2) is 56.5 Å². The maximum atomic E-state index is 11.3. The van der Waals surface area contributed by atoms with Gasteiger partial charge < -0.3 is 5.32 Å². The minimum Gasteiger partial charge on any atom is -0.312 e. The van der Waals surface area contributed by atoms with Crippen LogP contribution in [0.3, 0.4) is 0 Å². The van der Waals surface area contributed by atoms with Gasteiger partial charge in [0.1, 0.15) is 0 Å². The van der Waals surface area contributed by atoms with Gasteiger partial charge in [-0.2, -0.15) is 0 Å². The summed E-state index contributed by atoms with van der Waals surface area (Å²) in [5, 5.41) is 3.48. The summed E-state index contributed by atoms with van der Waals surface area (Å²) < 4.78 is 22.5. The topological polar surface area (TPSA) is 49.4 Å². The highest BCUT2D eigenvalue weighted by atomic mass is 32.2. The first-order chi connectivity index (χ1) is 7.07. The number of hydrogen-bond acceptors (Lipinski definition) is 4. The molecule has 1 N–H and O–H groups in total. The summed E-state index contributed by atoms with van der Waals surface area (Å²) in [7, 11) is -2.73. The molecule has 2 aliphatic rings. The average Bonchev–Trinajstić information content (AvgIpc) is 2.97. The molecule has 15 heavy (non-hydrogen) atoms. The summed E-state index contributed by atoms with van der Waals surface area (Å²) in [5.41, 5.74) is 0. The fraction of sp³-hybridized carbons (Fsp3) is 1.00. The quantitative estimate of drug-likeness (QED) is 0.733. The SMILES string of the molecule is CC(CNC1CC1)N1CCS(=O)(=O)CC1. The van der Waals surface area contributed by atoms with Gasteiger partial charge in [-0.3, -0.25) is 4.90 Å². The average molecular weight is 232 g/mol. The van der Waals surface area contributed by atoms with Crippen LogP contribution < -0.4 is 5.32 Å². The fourth-order valence-electron chi connectivity index (χ4n) is 1.92. The van der Waals surface area contributed by atoms with Crippen molar-refractivity contribution in [1.82, 2.24) is 10.2 Å². The zero-order valence-electron chi connectivity index (χ0n) is 9.28. The highest BCUT2D eigenvalue weighted by Crippen LogP contribution is 2.18. The van der Waals surface area contributed by atoms with E-state index < -0.39 is 9.84 Å². The summed E-state index contributed by atoms with van der Waals surface area (Å²) in [5.74, 6) is 0.668. The Morgan fingerprint density at radius 2 is 1.93 bits per heavy atom. The van der Waals surface area contributed by atoms with Crippen molar-refractivity contribution in [1.29, 1.82) is 0 Å². The lowest BCUT2D eigenvalue weighted by atomic mass is 10.2. The van der Waals surface area contributed by atoms with Gasteiger partial charge in [-0.1, -0.05) is 0 Å². The predicted molar refractivity (Wildman–Crippen MR) is 60.7 cm³/mol. The van der Waals surface area contributed by atoms with Crippen molar-refractivity contribution in [3.8, 4) is 0 Å². The Morgan fingerprint density at radius 3 is 2.47 bits per heavy atom. The number of rotatable bonds is 4. The minimum atomic E-state index is -2.73. The van der Waals surface area contributed by atoms with Gasteiger partial charge in [-0.05, 0) is 19.8 Å². The van der Waals surface area contributed by atoms with Gasteiger partial charge >= 0.3 is 0 Å². The number of nitrogens with zero attached hydrogens (tertiary/aromatic N) is 1. The fourth-order valence-corrected chi connectivity index (χ4v) is 3.15. The molecule has 0 aromatic rings. The molecule has 1 saturated carbocycles. The lowest BCUT2D eigenvalue weighted by Gasteiger charge is -2.32. The van der Waals surface area contributed by atoms with Crippen molar-refractivity contribution in [2.75, 3.05) is 31.1 Å². The molecule has 1 atom stereocenters. The maximum absolute atomic E-state index is 11.3. The van der Waals surface area contributed by atoms with Crippen LogP contribution in [0.4, 0.5) is 0 Å². The summed E-state index contributed by atoms with van der Waals surface area (Å²) in [6, 6.07) is 1.20. The van der Waals surface area contributed by atoms with Gasteiger partial charge in [0, 0.05) is 31.7 Å². The molecule has 88 valence electrons. The molecule has 0 amide bonds. The maximum Gasteiger partial charge on any atom is 0.152 e. The van der Waals surface area contributed by atoms with Gasteiger partial charge in [0.25, 0.3) is 0 Å². The van der Waals surface area contributed by atoms with Crippen molar-refractivity contribution in [3.05, 3.63) is 0 Å². The van der Waals surface area contributed by atoms with E-state index >= 15 is 0 Å². The molecule has 0 aromatic carbocycles. The standard InChI is InChI=1S/C10H20N2O2S/c1-9(8-11-10-2-3-10)12-4-6-15(13,14)7-5-12/h9-11H,2-8H2,1H3. The summed E-state index contributed by atoms with van der Waals surface area (Å²) >= 11 is 0. The second kappa shape index (κ2) is 4.39. The third kappa shape index (κ3) is 3.43. The van der Waals surface area contributed by atoms with Crippen molar-refractivity contribution >= 4 is 9.84 Å².